The molecule has 8 nitrogen and oxygen atoms in total. The minimum atomic E-state index is -4.71. The highest BCUT2D eigenvalue weighted by Crippen LogP contribution is 2.38. The summed E-state index contributed by atoms with van der Waals surface area (Å²) in [7, 11) is 0. The molecule has 0 aliphatic carbocycles. The van der Waals surface area contributed by atoms with E-state index in [2.05, 4.69) is 20.4 Å². The van der Waals surface area contributed by atoms with Crippen molar-refractivity contribution in [3.63, 3.8) is 0 Å². The summed E-state index contributed by atoms with van der Waals surface area (Å²) in [5.74, 6) is -0.156. The van der Waals surface area contributed by atoms with Gasteiger partial charge in [0.2, 0.25) is 0 Å². The van der Waals surface area contributed by atoms with Gasteiger partial charge in [-0.1, -0.05) is 6.07 Å². The predicted octanol–water partition coefficient (Wildman–Crippen LogP) is 5.79. The summed E-state index contributed by atoms with van der Waals surface area (Å²) in [5, 5.41) is 15.2. The second kappa shape index (κ2) is 9.02. The Labute approximate surface area is 216 Å². The Bertz CT molecular complexity index is 1640. The van der Waals surface area contributed by atoms with E-state index < -0.39 is 11.9 Å². The van der Waals surface area contributed by atoms with Gasteiger partial charge in [-0.3, -0.25) is 10.4 Å². The number of imidazole rings is 1. The molecule has 4 N–H and O–H groups in total. The molecule has 0 bridgehead atoms. The van der Waals surface area contributed by atoms with E-state index in [-0.39, 0.29) is 28.0 Å². The molecule has 0 unspecified atom stereocenters. The summed E-state index contributed by atoms with van der Waals surface area (Å²) >= 11 is 0. The van der Waals surface area contributed by atoms with E-state index >= 15 is 0 Å². The van der Waals surface area contributed by atoms with Crippen LogP contribution in [0.2, 0.25) is 0 Å². The van der Waals surface area contributed by atoms with Crippen LogP contribution in [0.5, 0.6) is 0 Å². The standard InChI is InChI=1S/C27H25F3N8/c1-26(2,3)35-19-12-17(9-10-18(19)25(31)32)38-22-8-4-7-21(23(22)24(36-38)27(28,29)30)37-14-20(34-15-37)16-6-5-11-33-13-16/h4-15,35H,1-3H3,(H3,31,32). The molecular weight excluding hydrogens is 493 g/mol. The van der Waals surface area contributed by atoms with Crippen molar-refractivity contribution in [2.24, 2.45) is 5.73 Å². The van der Waals surface area contributed by atoms with Gasteiger partial charge in [-0.05, 0) is 63.2 Å². The maximum atomic E-state index is 14.3. The van der Waals surface area contributed by atoms with Gasteiger partial charge in [0.05, 0.1) is 34.3 Å². The normalized spacial score (nSPS) is 12.2. The molecule has 0 saturated carbocycles. The number of nitrogens with zero attached hydrogens (tertiary/aromatic N) is 5. The number of amidine groups is 1. The van der Waals surface area contributed by atoms with Gasteiger partial charge in [0, 0.05) is 40.9 Å². The first-order chi connectivity index (χ1) is 17.9. The van der Waals surface area contributed by atoms with E-state index in [4.69, 9.17) is 11.1 Å². The topological polar surface area (TPSA) is 110 Å². The lowest BCUT2D eigenvalue weighted by atomic mass is 10.1. The Morgan fingerprint density at radius 1 is 1.05 bits per heavy atom. The minimum absolute atomic E-state index is 0.0592. The number of hydrogen-bond acceptors (Lipinski definition) is 5. The zero-order valence-corrected chi connectivity index (χ0v) is 20.9. The van der Waals surface area contributed by atoms with E-state index in [0.29, 0.717) is 22.6 Å². The first kappa shape index (κ1) is 25.0. The van der Waals surface area contributed by atoms with Crippen molar-refractivity contribution in [3.05, 3.63) is 84.7 Å². The lowest BCUT2D eigenvalue weighted by molar-refractivity contribution is -0.140. The molecule has 0 radical (unpaired) electrons. The summed E-state index contributed by atoms with van der Waals surface area (Å²) in [6.07, 6.45) is 1.70. The van der Waals surface area contributed by atoms with Crippen LogP contribution in [0.25, 0.3) is 33.5 Å². The van der Waals surface area contributed by atoms with Gasteiger partial charge < -0.3 is 15.6 Å². The van der Waals surface area contributed by atoms with Crippen molar-refractivity contribution in [1.29, 1.82) is 5.41 Å². The number of nitrogens with one attached hydrogen (secondary N) is 2. The highest BCUT2D eigenvalue weighted by atomic mass is 19.4. The molecule has 0 fully saturated rings. The van der Waals surface area contributed by atoms with Crippen molar-refractivity contribution < 1.29 is 13.2 Å². The van der Waals surface area contributed by atoms with Gasteiger partial charge in [-0.15, -0.1) is 0 Å². The predicted molar refractivity (Wildman–Crippen MR) is 141 cm³/mol. The molecule has 5 aromatic rings. The molecule has 0 spiro atoms. The Morgan fingerprint density at radius 2 is 1.84 bits per heavy atom. The largest absolute Gasteiger partial charge is 0.435 e. The van der Waals surface area contributed by atoms with Gasteiger partial charge in [0.1, 0.15) is 5.84 Å². The van der Waals surface area contributed by atoms with E-state index in [1.807, 2.05) is 26.8 Å². The van der Waals surface area contributed by atoms with Crippen LogP contribution in [-0.2, 0) is 6.18 Å². The molecule has 0 amide bonds. The third-order valence-corrected chi connectivity index (χ3v) is 5.82. The zero-order valence-electron chi connectivity index (χ0n) is 20.9. The highest BCUT2D eigenvalue weighted by Gasteiger charge is 2.38. The number of halogens is 3. The fraction of sp³-hybridized carbons (Fsp3) is 0.185. The van der Waals surface area contributed by atoms with Crippen molar-refractivity contribution in [1.82, 2.24) is 24.3 Å². The van der Waals surface area contributed by atoms with E-state index in [1.54, 1.807) is 65.6 Å². The molecule has 0 atom stereocenters. The fourth-order valence-electron chi connectivity index (χ4n) is 4.29. The lowest BCUT2D eigenvalue weighted by Gasteiger charge is -2.24. The monoisotopic (exact) mass is 518 g/mol. The average Bonchev–Trinajstić information content (AvgIpc) is 3.49. The number of alkyl halides is 3. The smallest absolute Gasteiger partial charge is 0.384 e. The number of rotatable bonds is 5. The van der Waals surface area contributed by atoms with Crippen molar-refractivity contribution >= 4 is 22.4 Å². The van der Waals surface area contributed by atoms with Crippen molar-refractivity contribution in [3.8, 4) is 22.6 Å². The Hall–Kier alpha value is -4.67. The van der Waals surface area contributed by atoms with Gasteiger partial charge in [-0.25, -0.2) is 9.67 Å². The number of aromatic nitrogens is 5. The van der Waals surface area contributed by atoms with E-state index in [9.17, 15) is 13.2 Å². The van der Waals surface area contributed by atoms with Crippen LogP contribution in [0, 0.1) is 5.41 Å². The van der Waals surface area contributed by atoms with Gasteiger partial charge in [-0.2, -0.15) is 18.3 Å². The van der Waals surface area contributed by atoms with Crippen LogP contribution in [0.3, 0.4) is 0 Å². The molecular formula is C27H25F3N8. The third kappa shape index (κ3) is 4.70. The number of hydrogen-bond donors (Lipinski definition) is 3. The number of nitrogen functional groups attached to an aromatic ring is 1. The highest BCUT2D eigenvalue weighted by molar-refractivity contribution is 6.01. The molecule has 2 aromatic carbocycles. The second-order valence-electron chi connectivity index (χ2n) is 9.86. The first-order valence-electron chi connectivity index (χ1n) is 11.7. The molecule has 38 heavy (non-hydrogen) atoms. The SMILES string of the molecule is CC(C)(C)Nc1cc(-n2nc(C(F)(F)F)c3c(-n4cnc(-c5cccnc5)c4)cccc32)ccc1C(=N)N. The third-order valence-electron chi connectivity index (χ3n) is 5.82. The van der Waals surface area contributed by atoms with Crippen LogP contribution in [0.4, 0.5) is 18.9 Å². The number of fused-ring (bicyclic) bond motifs is 1. The maximum Gasteiger partial charge on any atom is 0.435 e. The van der Waals surface area contributed by atoms with E-state index in [1.165, 1.54) is 11.0 Å². The van der Waals surface area contributed by atoms with Crippen LogP contribution < -0.4 is 11.1 Å². The Balaban J connectivity index is 1.71. The molecule has 5 rings (SSSR count). The summed E-state index contributed by atoms with van der Waals surface area (Å²) in [6.45, 7) is 5.81. The Morgan fingerprint density at radius 3 is 2.50 bits per heavy atom. The quantitative estimate of drug-likeness (QED) is 0.202. The van der Waals surface area contributed by atoms with Gasteiger partial charge >= 0.3 is 6.18 Å². The molecule has 0 aliphatic rings. The van der Waals surface area contributed by atoms with Gasteiger partial charge in [0.15, 0.2) is 5.69 Å². The summed E-state index contributed by atoms with van der Waals surface area (Å²) < 4.78 is 45.8. The molecule has 3 heterocycles. The first-order valence-corrected chi connectivity index (χ1v) is 11.7. The van der Waals surface area contributed by atoms with Crippen LogP contribution in [0.15, 0.2) is 73.4 Å². The van der Waals surface area contributed by atoms with Gasteiger partial charge in [0.25, 0.3) is 0 Å². The number of nitrogens with two attached hydrogens (primary N) is 1. The zero-order chi connectivity index (χ0) is 27.2. The van der Waals surface area contributed by atoms with Crippen LogP contribution >= 0.6 is 0 Å². The average molecular weight is 519 g/mol. The van der Waals surface area contributed by atoms with Crippen LogP contribution in [0.1, 0.15) is 32.0 Å². The van der Waals surface area contributed by atoms with E-state index in [0.717, 1.165) is 5.56 Å². The summed E-state index contributed by atoms with van der Waals surface area (Å²) in [5.41, 5.74) is 7.60. The number of pyridine rings is 1. The molecule has 0 aliphatic heterocycles. The van der Waals surface area contributed by atoms with Crippen molar-refractivity contribution in [2.45, 2.75) is 32.5 Å². The van der Waals surface area contributed by atoms with Crippen molar-refractivity contribution in [2.75, 3.05) is 5.32 Å². The molecule has 194 valence electrons. The molecule has 0 saturated heterocycles. The fourth-order valence-corrected chi connectivity index (χ4v) is 4.29. The second-order valence-corrected chi connectivity index (χ2v) is 9.86. The minimum Gasteiger partial charge on any atom is -0.384 e. The maximum absolute atomic E-state index is 14.3. The Kier molecular flexibility index (Phi) is 5.93. The molecule has 11 heteroatoms. The van der Waals surface area contributed by atoms with Crippen LogP contribution in [-0.4, -0.2) is 35.7 Å². The summed E-state index contributed by atoms with van der Waals surface area (Å²) in [6, 6.07) is 13.3. The number of benzene rings is 2. The summed E-state index contributed by atoms with van der Waals surface area (Å²) in [4.78, 5) is 8.46. The lowest BCUT2D eigenvalue weighted by Crippen LogP contribution is -2.28. The molecule has 3 aromatic heterocycles. The number of anilines is 1.